The lowest BCUT2D eigenvalue weighted by Crippen LogP contribution is -1.99. The molecule has 2 rings (SSSR count). The maximum absolute atomic E-state index is 11.6. The molecule has 3 N–H and O–H groups in total. The van der Waals surface area contributed by atoms with Gasteiger partial charge in [-0.3, -0.25) is 20.2 Å². The monoisotopic (exact) mass is 313 g/mol. The first-order valence-electron chi connectivity index (χ1n) is 6.71. The van der Waals surface area contributed by atoms with Crippen LogP contribution in [0.5, 0.6) is 5.75 Å². The molecule has 0 radical (unpaired) electrons. The van der Waals surface area contributed by atoms with E-state index < -0.39 is 4.92 Å². The van der Waals surface area contributed by atoms with Crippen molar-refractivity contribution < 1.29 is 10.0 Å². The van der Waals surface area contributed by atoms with Crippen LogP contribution in [0.2, 0.25) is 0 Å². The molecule has 23 heavy (non-hydrogen) atoms. The third-order valence-corrected chi connectivity index (χ3v) is 3.13. The van der Waals surface area contributed by atoms with Crippen molar-refractivity contribution in [3.63, 3.8) is 0 Å². The number of nitro benzene ring substituents is 1. The van der Waals surface area contributed by atoms with Gasteiger partial charge in [0.25, 0.3) is 5.69 Å². The highest BCUT2D eigenvalue weighted by Crippen LogP contribution is 2.19. The van der Waals surface area contributed by atoms with Crippen molar-refractivity contribution >= 4 is 17.7 Å². The molecule has 0 atom stereocenters. The van der Waals surface area contributed by atoms with Crippen molar-refractivity contribution in [3.05, 3.63) is 45.1 Å². The minimum absolute atomic E-state index is 0.155. The summed E-state index contributed by atoms with van der Waals surface area (Å²) in [6, 6.07) is 5.47. The van der Waals surface area contributed by atoms with E-state index in [-0.39, 0.29) is 22.8 Å². The lowest BCUT2D eigenvalue weighted by atomic mass is 10.1. The molecule has 0 saturated carbocycles. The van der Waals surface area contributed by atoms with E-state index in [0.29, 0.717) is 30.6 Å². The molecule has 0 amide bonds. The summed E-state index contributed by atoms with van der Waals surface area (Å²) in [6.07, 6.45) is 2.46. The van der Waals surface area contributed by atoms with Gasteiger partial charge in [-0.1, -0.05) is 11.8 Å². The maximum Gasteiger partial charge on any atom is 0.270 e. The Bertz CT molecular complexity index is 790. The van der Waals surface area contributed by atoms with Gasteiger partial charge in [-0.2, -0.15) is 10.4 Å². The summed E-state index contributed by atoms with van der Waals surface area (Å²) >= 11 is 0. The third-order valence-electron chi connectivity index (χ3n) is 3.13. The van der Waals surface area contributed by atoms with E-state index in [4.69, 9.17) is 11.0 Å². The predicted molar refractivity (Wildman–Crippen MR) is 81.0 cm³/mol. The molecule has 0 unspecified atom stereocenters. The number of benzene rings is 1. The van der Waals surface area contributed by atoms with Gasteiger partial charge in [0.05, 0.1) is 10.6 Å². The van der Waals surface area contributed by atoms with Gasteiger partial charge in [-0.15, -0.1) is 0 Å². The number of nitrogens with one attached hydrogen (secondary N) is 1. The largest absolute Gasteiger partial charge is 0.872 e. The summed E-state index contributed by atoms with van der Waals surface area (Å²) in [7, 11) is 0. The van der Waals surface area contributed by atoms with Crippen LogP contribution in [-0.4, -0.2) is 27.9 Å². The van der Waals surface area contributed by atoms with Crippen LogP contribution in [0, 0.1) is 21.4 Å². The molecular weight excluding hydrogens is 300 g/mol. The number of anilines is 1. The molecule has 1 aromatic carbocycles. The molecule has 0 fully saturated rings. The highest BCUT2D eigenvalue weighted by molar-refractivity contribution is 5.84. The summed E-state index contributed by atoms with van der Waals surface area (Å²) in [6.45, 7) is 0.395. The van der Waals surface area contributed by atoms with Crippen LogP contribution in [0.1, 0.15) is 23.2 Å². The number of rotatable bonds is 6. The number of aromatic nitrogens is 2. The number of H-pyrrole nitrogens is 1. The Labute approximate surface area is 131 Å². The van der Waals surface area contributed by atoms with Gasteiger partial charge < -0.3 is 10.8 Å². The highest BCUT2D eigenvalue weighted by atomic mass is 16.6. The van der Waals surface area contributed by atoms with Crippen molar-refractivity contribution in [2.24, 2.45) is 4.99 Å². The van der Waals surface area contributed by atoms with Gasteiger partial charge in [-0.25, -0.2) is 0 Å². The second-order valence-electron chi connectivity index (χ2n) is 4.69. The first-order chi connectivity index (χ1) is 11.0. The summed E-state index contributed by atoms with van der Waals surface area (Å²) in [5.74, 6) is -0.161. The molecule has 0 aliphatic heterocycles. The predicted octanol–water partition coefficient (Wildman–Crippen LogP) is 0.897. The van der Waals surface area contributed by atoms with Crippen LogP contribution in [0.15, 0.2) is 23.2 Å². The number of hydrogen-bond donors (Lipinski definition) is 2. The van der Waals surface area contributed by atoms with Crippen LogP contribution in [0.3, 0.4) is 0 Å². The molecule has 9 heteroatoms. The molecule has 2 aromatic rings. The normalized spacial score (nSPS) is 10.7. The average Bonchev–Trinajstić information content (AvgIpc) is 2.88. The SMILES string of the molecule is N#Cc1c(N)n[nH]c1CCCN=Cc1cc([N+](=O)[O-])ccc1[O-]. The van der Waals surface area contributed by atoms with Crippen LogP contribution in [0.4, 0.5) is 11.5 Å². The minimum Gasteiger partial charge on any atom is -0.872 e. The van der Waals surface area contributed by atoms with Gasteiger partial charge in [0.15, 0.2) is 5.82 Å². The maximum atomic E-state index is 11.6. The number of aliphatic imine (C=N–C) groups is 1. The summed E-state index contributed by atoms with van der Waals surface area (Å²) in [4.78, 5) is 14.2. The summed E-state index contributed by atoms with van der Waals surface area (Å²) in [5, 5.41) is 37.6. The number of nitrogen functional groups attached to an aromatic ring is 1. The van der Waals surface area contributed by atoms with E-state index in [9.17, 15) is 15.2 Å². The van der Waals surface area contributed by atoms with Gasteiger partial charge in [-0.05, 0) is 18.4 Å². The number of nitriles is 1. The van der Waals surface area contributed by atoms with Crippen molar-refractivity contribution in [1.29, 1.82) is 5.26 Å². The van der Waals surface area contributed by atoms with Gasteiger partial charge in [0.1, 0.15) is 11.6 Å². The van der Waals surface area contributed by atoms with Crippen LogP contribution < -0.4 is 10.8 Å². The van der Waals surface area contributed by atoms with Crippen LogP contribution in [0.25, 0.3) is 0 Å². The average molecular weight is 313 g/mol. The van der Waals surface area contributed by atoms with Crippen LogP contribution in [-0.2, 0) is 6.42 Å². The molecule has 1 aromatic heterocycles. The molecule has 0 aliphatic carbocycles. The Kier molecular flexibility index (Phi) is 4.89. The minimum atomic E-state index is -0.567. The van der Waals surface area contributed by atoms with Gasteiger partial charge in [0.2, 0.25) is 0 Å². The van der Waals surface area contributed by atoms with E-state index >= 15 is 0 Å². The van der Waals surface area contributed by atoms with Crippen molar-refractivity contribution in [1.82, 2.24) is 10.2 Å². The topological polar surface area (TPSA) is 157 Å². The molecule has 0 spiro atoms. The molecule has 0 bridgehead atoms. The zero-order chi connectivity index (χ0) is 16.8. The quantitative estimate of drug-likeness (QED) is 0.349. The van der Waals surface area contributed by atoms with Crippen LogP contribution >= 0.6 is 0 Å². The van der Waals surface area contributed by atoms with Crippen molar-refractivity contribution in [2.45, 2.75) is 12.8 Å². The number of non-ortho nitro benzene ring substituents is 1. The second-order valence-corrected chi connectivity index (χ2v) is 4.69. The highest BCUT2D eigenvalue weighted by Gasteiger charge is 2.09. The molecule has 1 heterocycles. The Morgan fingerprint density at radius 2 is 2.30 bits per heavy atom. The number of aryl methyl sites for hydroxylation is 1. The first-order valence-corrected chi connectivity index (χ1v) is 6.71. The molecule has 9 nitrogen and oxygen atoms in total. The number of nitro groups is 1. The number of nitrogens with two attached hydrogens (primary N) is 1. The number of nitrogens with zero attached hydrogens (tertiary/aromatic N) is 4. The smallest absolute Gasteiger partial charge is 0.270 e. The fourth-order valence-corrected chi connectivity index (χ4v) is 1.96. The zero-order valence-corrected chi connectivity index (χ0v) is 12.0. The van der Waals surface area contributed by atoms with E-state index in [1.54, 1.807) is 0 Å². The lowest BCUT2D eigenvalue weighted by molar-refractivity contribution is -0.385. The fraction of sp³-hybridized carbons (Fsp3) is 0.214. The van der Waals surface area contributed by atoms with Crippen molar-refractivity contribution in [2.75, 3.05) is 12.3 Å². The Morgan fingerprint density at radius 1 is 1.52 bits per heavy atom. The molecule has 118 valence electrons. The van der Waals surface area contributed by atoms with E-state index in [2.05, 4.69) is 15.2 Å². The second kappa shape index (κ2) is 7.04. The lowest BCUT2D eigenvalue weighted by Gasteiger charge is -2.08. The van der Waals surface area contributed by atoms with E-state index in [1.165, 1.54) is 12.3 Å². The fourth-order valence-electron chi connectivity index (χ4n) is 1.96. The van der Waals surface area contributed by atoms with Gasteiger partial charge in [0, 0.05) is 24.9 Å². The Morgan fingerprint density at radius 3 is 3.00 bits per heavy atom. The van der Waals surface area contributed by atoms with Crippen molar-refractivity contribution in [3.8, 4) is 11.8 Å². The number of hydrogen-bond acceptors (Lipinski definition) is 7. The van der Waals surface area contributed by atoms with Gasteiger partial charge >= 0.3 is 0 Å². The number of aromatic amines is 1. The summed E-state index contributed by atoms with van der Waals surface area (Å²) in [5.41, 5.74) is 6.51. The first kappa shape index (κ1) is 16.0. The molecular formula is C14H13N6O3-. The Hall–Kier alpha value is -3.41. The Balaban J connectivity index is 1.94. The van der Waals surface area contributed by atoms with E-state index in [0.717, 1.165) is 12.1 Å². The molecule has 0 aliphatic rings. The molecule has 0 saturated heterocycles. The standard InChI is InChI=1S/C14H14N6O3/c15-7-11-12(18-19-14(11)16)2-1-5-17-8-9-6-10(20(22)23)3-4-13(9)21/h3-4,6,8,21H,1-2,5H2,(H3,16,18,19)/p-1. The third kappa shape index (κ3) is 3.82. The van der Waals surface area contributed by atoms with E-state index in [1.807, 2.05) is 6.07 Å². The zero-order valence-electron chi connectivity index (χ0n) is 12.0. The summed E-state index contributed by atoms with van der Waals surface area (Å²) < 4.78 is 0.